The molecule has 0 aliphatic rings. The molecular formula is C21H20O6. The zero-order chi connectivity index (χ0) is 19.6. The van der Waals surface area contributed by atoms with Crippen LogP contribution in [0, 0.1) is 0 Å². The molecule has 2 aromatic carbocycles. The molecule has 1 aromatic heterocycles. The minimum Gasteiger partial charge on any atom is -0.482 e. The minimum absolute atomic E-state index is 0.0819. The molecule has 1 N–H and O–H groups in total. The van der Waals surface area contributed by atoms with Crippen LogP contribution in [0.5, 0.6) is 17.2 Å². The van der Waals surface area contributed by atoms with E-state index in [1.54, 1.807) is 0 Å². The molecule has 3 rings (SSSR count). The third-order valence-corrected chi connectivity index (χ3v) is 3.99. The lowest BCUT2D eigenvalue weighted by Gasteiger charge is -2.22. The number of fused-ring (bicyclic) bond motifs is 1. The van der Waals surface area contributed by atoms with Gasteiger partial charge in [-0.25, -0.2) is 4.79 Å². The lowest BCUT2D eigenvalue weighted by Crippen LogP contribution is -2.13. The van der Waals surface area contributed by atoms with E-state index in [0.29, 0.717) is 22.5 Å². The maximum Gasteiger partial charge on any atom is 0.341 e. The molecule has 1 heterocycles. The Balaban J connectivity index is 1.96. The van der Waals surface area contributed by atoms with Crippen molar-refractivity contribution in [2.24, 2.45) is 0 Å². The molecule has 0 aliphatic heterocycles. The summed E-state index contributed by atoms with van der Waals surface area (Å²) in [5.74, 6) is -0.103. The van der Waals surface area contributed by atoms with Crippen LogP contribution in [-0.4, -0.2) is 17.7 Å². The van der Waals surface area contributed by atoms with Gasteiger partial charge in [-0.05, 0) is 23.6 Å². The predicted octanol–water partition coefficient (Wildman–Crippen LogP) is 4.35. The molecule has 0 radical (unpaired) electrons. The second kappa shape index (κ2) is 7.15. The van der Waals surface area contributed by atoms with Crippen LogP contribution in [0.3, 0.4) is 0 Å². The van der Waals surface area contributed by atoms with Crippen molar-refractivity contribution in [1.29, 1.82) is 0 Å². The molecule has 140 valence electrons. The average Bonchev–Trinajstić information content (AvgIpc) is 2.62. The average molecular weight is 368 g/mol. The van der Waals surface area contributed by atoms with E-state index in [-0.39, 0.29) is 16.6 Å². The number of carboxylic acids is 1. The van der Waals surface area contributed by atoms with Crippen LogP contribution in [0.2, 0.25) is 0 Å². The highest BCUT2D eigenvalue weighted by atomic mass is 16.5. The number of carbonyl (C=O) groups is 1. The summed E-state index contributed by atoms with van der Waals surface area (Å²) < 4.78 is 16.5. The topological polar surface area (TPSA) is 86.0 Å². The summed E-state index contributed by atoms with van der Waals surface area (Å²) in [5.41, 5.74) is 0.801. The first-order valence-electron chi connectivity index (χ1n) is 8.43. The fourth-order valence-electron chi connectivity index (χ4n) is 2.69. The van der Waals surface area contributed by atoms with Crippen molar-refractivity contribution in [1.82, 2.24) is 0 Å². The first-order valence-corrected chi connectivity index (χ1v) is 8.43. The lowest BCUT2D eigenvalue weighted by molar-refractivity contribution is -0.139. The molecule has 0 saturated heterocycles. The zero-order valence-corrected chi connectivity index (χ0v) is 15.3. The summed E-state index contributed by atoms with van der Waals surface area (Å²) in [6.45, 7) is 5.73. The van der Waals surface area contributed by atoms with Gasteiger partial charge < -0.3 is 19.0 Å². The highest BCUT2D eigenvalue weighted by Gasteiger charge is 2.20. The van der Waals surface area contributed by atoms with E-state index in [1.807, 2.05) is 24.3 Å². The first kappa shape index (κ1) is 18.5. The second-order valence-electron chi connectivity index (χ2n) is 7.12. The van der Waals surface area contributed by atoms with Gasteiger partial charge in [0, 0.05) is 11.6 Å². The zero-order valence-electron chi connectivity index (χ0n) is 15.3. The van der Waals surface area contributed by atoms with Gasteiger partial charge in [0.1, 0.15) is 23.3 Å². The minimum atomic E-state index is -1.09. The van der Waals surface area contributed by atoms with Crippen molar-refractivity contribution in [2.75, 3.05) is 6.61 Å². The monoisotopic (exact) mass is 368 g/mol. The van der Waals surface area contributed by atoms with E-state index in [9.17, 15) is 9.59 Å². The van der Waals surface area contributed by atoms with Crippen molar-refractivity contribution < 1.29 is 23.8 Å². The predicted molar refractivity (Wildman–Crippen MR) is 101 cm³/mol. The van der Waals surface area contributed by atoms with E-state index in [2.05, 4.69) is 20.8 Å². The van der Waals surface area contributed by atoms with Crippen LogP contribution < -0.4 is 14.9 Å². The number of rotatable bonds is 5. The van der Waals surface area contributed by atoms with Crippen molar-refractivity contribution in [2.45, 2.75) is 26.2 Å². The molecule has 0 saturated carbocycles. The van der Waals surface area contributed by atoms with Gasteiger partial charge in [0.25, 0.3) is 0 Å². The maximum atomic E-state index is 12.8. The van der Waals surface area contributed by atoms with E-state index in [0.717, 1.165) is 5.56 Å². The fraction of sp³-hybridized carbons (Fsp3) is 0.238. The highest BCUT2D eigenvalue weighted by Crippen LogP contribution is 2.33. The molecule has 6 nitrogen and oxygen atoms in total. The summed E-state index contributed by atoms with van der Waals surface area (Å²) in [5, 5.41) is 9.00. The summed E-state index contributed by atoms with van der Waals surface area (Å²) in [6, 6.07) is 12.1. The molecule has 6 heteroatoms. The van der Waals surface area contributed by atoms with Gasteiger partial charge in [-0.1, -0.05) is 39.0 Å². The van der Waals surface area contributed by atoms with Gasteiger partial charge >= 0.3 is 5.97 Å². The number of para-hydroxylation sites is 1. The molecule has 0 spiro atoms. The number of hydrogen-bond acceptors (Lipinski definition) is 5. The molecule has 3 aromatic rings. The maximum absolute atomic E-state index is 12.8. The van der Waals surface area contributed by atoms with Crippen LogP contribution >= 0.6 is 0 Å². The van der Waals surface area contributed by atoms with Gasteiger partial charge in [0.2, 0.25) is 11.2 Å². The van der Waals surface area contributed by atoms with Gasteiger partial charge in [0.15, 0.2) is 6.61 Å². The smallest absolute Gasteiger partial charge is 0.341 e. The Morgan fingerprint density at radius 3 is 2.56 bits per heavy atom. The molecular weight excluding hydrogens is 348 g/mol. The van der Waals surface area contributed by atoms with Crippen LogP contribution in [0.15, 0.2) is 57.9 Å². The van der Waals surface area contributed by atoms with Crippen molar-refractivity contribution in [3.8, 4) is 17.2 Å². The van der Waals surface area contributed by atoms with Gasteiger partial charge in [-0.3, -0.25) is 4.79 Å². The molecule has 27 heavy (non-hydrogen) atoms. The second-order valence-corrected chi connectivity index (χ2v) is 7.12. The number of hydrogen-bond donors (Lipinski definition) is 1. The molecule has 0 atom stereocenters. The van der Waals surface area contributed by atoms with Gasteiger partial charge in [-0.15, -0.1) is 0 Å². The van der Waals surface area contributed by atoms with E-state index < -0.39 is 12.6 Å². The number of aliphatic carboxylic acids is 1. The van der Waals surface area contributed by atoms with Crippen molar-refractivity contribution in [3.05, 3.63) is 64.5 Å². The number of carboxylic acid groups (broad SMARTS) is 1. The Labute approximate surface area is 156 Å². The number of ether oxygens (including phenoxy) is 2. The Kier molecular flexibility index (Phi) is 4.90. The van der Waals surface area contributed by atoms with Gasteiger partial charge in [0.05, 0.1) is 5.39 Å². The standard InChI is InChI=1S/C21H20O6/c1-21(2,3)15-6-4-5-7-16(15)27-18-11-26-17-10-13(25-12-19(22)23)8-9-14(17)20(18)24/h4-11H,12H2,1-3H3,(H,22,23). The summed E-state index contributed by atoms with van der Waals surface area (Å²) in [6.07, 6.45) is 1.26. The van der Waals surface area contributed by atoms with E-state index >= 15 is 0 Å². The van der Waals surface area contributed by atoms with Gasteiger partial charge in [-0.2, -0.15) is 0 Å². The lowest BCUT2D eigenvalue weighted by atomic mass is 9.86. The van der Waals surface area contributed by atoms with Crippen LogP contribution in [-0.2, 0) is 10.2 Å². The fourth-order valence-corrected chi connectivity index (χ4v) is 2.69. The molecule has 0 bridgehead atoms. The number of benzene rings is 2. The Morgan fingerprint density at radius 1 is 1.11 bits per heavy atom. The summed E-state index contributed by atoms with van der Waals surface area (Å²) in [7, 11) is 0. The Morgan fingerprint density at radius 2 is 1.85 bits per heavy atom. The first-order chi connectivity index (χ1) is 12.8. The SMILES string of the molecule is CC(C)(C)c1ccccc1Oc1coc2cc(OCC(=O)O)ccc2c1=O. The van der Waals surface area contributed by atoms with Crippen molar-refractivity contribution >= 4 is 16.9 Å². The third-order valence-electron chi connectivity index (χ3n) is 3.99. The van der Waals surface area contributed by atoms with Crippen LogP contribution in [0.25, 0.3) is 11.0 Å². The Bertz CT molecular complexity index is 1040. The molecule has 0 unspecified atom stereocenters. The van der Waals surface area contributed by atoms with Crippen LogP contribution in [0.4, 0.5) is 0 Å². The normalized spacial score (nSPS) is 11.4. The molecule has 0 aliphatic carbocycles. The van der Waals surface area contributed by atoms with Crippen LogP contribution in [0.1, 0.15) is 26.3 Å². The highest BCUT2D eigenvalue weighted by molar-refractivity contribution is 5.79. The quantitative estimate of drug-likeness (QED) is 0.721. The largest absolute Gasteiger partial charge is 0.482 e. The Hall–Kier alpha value is -3.28. The summed E-state index contributed by atoms with van der Waals surface area (Å²) >= 11 is 0. The van der Waals surface area contributed by atoms with E-state index in [1.165, 1.54) is 24.5 Å². The molecule has 0 amide bonds. The molecule has 0 fully saturated rings. The van der Waals surface area contributed by atoms with E-state index in [4.69, 9.17) is 19.0 Å². The third kappa shape index (κ3) is 4.11. The summed E-state index contributed by atoms with van der Waals surface area (Å²) in [4.78, 5) is 23.3. The van der Waals surface area contributed by atoms with Crippen molar-refractivity contribution in [3.63, 3.8) is 0 Å².